The molecule has 0 unspecified atom stereocenters. The number of nitrogens with zero attached hydrogens (tertiary/aromatic N) is 2. The van der Waals surface area contributed by atoms with Crippen molar-refractivity contribution in [2.45, 2.75) is 18.8 Å². The van der Waals surface area contributed by atoms with Crippen LogP contribution < -0.4 is 10.0 Å². The van der Waals surface area contributed by atoms with Crippen molar-refractivity contribution in [3.63, 3.8) is 0 Å². The van der Waals surface area contributed by atoms with Crippen molar-refractivity contribution in [2.75, 3.05) is 35.9 Å². The first kappa shape index (κ1) is 21.9. The number of nitrogens with one attached hydrogen (secondary N) is 3. The van der Waals surface area contributed by atoms with Crippen LogP contribution >= 0.6 is 0 Å². The van der Waals surface area contributed by atoms with Crippen LogP contribution in [-0.4, -0.2) is 39.2 Å². The summed E-state index contributed by atoms with van der Waals surface area (Å²) in [6.45, 7) is 2.18. The van der Waals surface area contributed by atoms with E-state index in [9.17, 15) is 12.8 Å². The number of likely N-dealkylation sites (tertiary alicyclic amines) is 1. The zero-order valence-electron chi connectivity index (χ0n) is 16.8. The third-order valence-electron chi connectivity index (χ3n) is 5.05. The summed E-state index contributed by atoms with van der Waals surface area (Å²) < 4.78 is 39.1. The summed E-state index contributed by atoms with van der Waals surface area (Å²) in [7, 11) is -3.30. The second-order valence-corrected chi connectivity index (χ2v) is 9.17. The van der Waals surface area contributed by atoms with E-state index in [4.69, 9.17) is 5.53 Å². The Kier molecular flexibility index (Phi) is 7.17. The fourth-order valence-corrected chi connectivity index (χ4v) is 4.13. The van der Waals surface area contributed by atoms with Crippen LogP contribution in [0.5, 0.6) is 0 Å². The van der Waals surface area contributed by atoms with E-state index in [1.54, 1.807) is 30.5 Å². The molecule has 1 aliphatic heterocycles. The average molecular weight is 432 g/mol. The maximum absolute atomic E-state index is 13.7. The van der Waals surface area contributed by atoms with E-state index in [0.717, 1.165) is 37.8 Å². The minimum atomic E-state index is -3.30. The number of para-hydroxylation sites is 1. The molecule has 1 saturated heterocycles. The SMILES string of the molecule is CS(=O)(=O)Nc1cccc(C2CCN(C/C(=C/Nc3ccccc3F)N=N)CC2)c1. The van der Waals surface area contributed by atoms with Gasteiger partial charge in [0.15, 0.2) is 0 Å². The molecule has 0 amide bonds. The summed E-state index contributed by atoms with van der Waals surface area (Å²) in [6.07, 6.45) is 4.56. The van der Waals surface area contributed by atoms with Crippen LogP contribution in [0.3, 0.4) is 0 Å². The van der Waals surface area contributed by atoms with Gasteiger partial charge in [-0.05, 0) is 61.7 Å². The summed E-state index contributed by atoms with van der Waals surface area (Å²) in [5, 5.41) is 6.45. The molecule has 7 nitrogen and oxygen atoms in total. The maximum atomic E-state index is 13.7. The van der Waals surface area contributed by atoms with Gasteiger partial charge >= 0.3 is 0 Å². The first-order chi connectivity index (χ1) is 14.3. The Balaban J connectivity index is 1.56. The van der Waals surface area contributed by atoms with Gasteiger partial charge in [0.1, 0.15) is 5.82 Å². The highest BCUT2D eigenvalue weighted by Gasteiger charge is 2.21. The Morgan fingerprint density at radius 3 is 2.63 bits per heavy atom. The molecular formula is C21H26FN5O2S. The predicted octanol–water partition coefficient (Wildman–Crippen LogP) is 4.36. The van der Waals surface area contributed by atoms with Crippen LogP contribution in [0.2, 0.25) is 0 Å². The second-order valence-electron chi connectivity index (χ2n) is 7.42. The Morgan fingerprint density at radius 2 is 1.97 bits per heavy atom. The number of hydrogen-bond donors (Lipinski definition) is 3. The second kappa shape index (κ2) is 9.82. The van der Waals surface area contributed by atoms with E-state index in [2.05, 4.69) is 20.1 Å². The normalized spacial score (nSPS) is 16.3. The fourth-order valence-electron chi connectivity index (χ4n) is 3.58. The topological polar surface area (TPSA) is 97.7 Å². The van der Waals surface area contributed by atoms with E-state index in [-0.39, 0.29) is 5.82 Å². The third kappa shape index (κ3) is 6.36. The molecule has 1 aliphatic rings. The average Bonchev–Trinajstić information content (AvgIpc) is 2.71. The lowest BCUT2D eigenvalue weighted by Gasteiger charge is -2.32. The van der Waals surface area contributed by atoms with Gasteiger partial charge in [-0.1, -0.05) is 24.3 Å². The Bertz CT molecular complexity index is 1020. The number of piperidine rings is 1. The van der Waals surface area contributed by atoms with Gasteiger partial charge in [0.25, 0.3) is 0 Å². The summed E-state index contributed by atoms with van der Waals surface area (Å²) in [4.78, 5) is 2.21. The van der Waals surface area contributed by atoms with Gasteiger partial charge in [-0.3, -0.25) is 9.62 Å². The van der Waals surface area contributed by atoms with E-state index < -0.39 is 10.0 Å². The molecule has 1 heterocycles. The van der Waals surface area contributed by atoms with E-state index in [1.807, 2.05) is 18.2 Å². The molecule has 2 aromatic carbocycles. The van der Waals surface area contributed by atoms with Gasteiger partial charge in [-0.2, -0.15) is 5.11 Å². The molecule has 0 spiro atoms. The Morgan fingerprint density at radius 1 is 1.23 bits per heavy atom. The fraction of sp³-hybridized carbons (Fsp3) is 0.333. The summed E-state index contributed by atoms with van der Waals surface area (Å²) in [5.41, 5.74) is 9.97. The number of anilines is 2. The lowest BCUT2D eigenvalue weighted by molar-refractivity contribution is 0.227. The van der Waals surface area contributed by atoms with Gasteiger partial charge in [-0.15, -0.1) is 0 Å². The largest absolute Gasteiger partial charge is 0.358 e. The van der Waals surface area contributed by atoms with Crippen LogP contribution in [0.25, 0.3) is 0 Å². The van der Waals surface area contributed by atoms with Gasteiger partial charge in [0.05, 0.1) is 17.6 Å². The van der Waals surface area contributed by atoms with Crippen molar-refractivity contribution >= 4 is 21.4 Å². The molecule has 0 radical (unpaired) electrons. The van der Waals surface area contributed by atoms with E-state index in [0.29, 0.717) is 29.5 Å². The molecule has 0 atom stereocenters. The molecule has 3 rings (SSSR count). The van der Waals surface area contributed by atoms with Gasteiger partial charge < -0.3 is 5.32 Å². The van der Waals surface area contributed by atoms with Crippen molar-refractivity contribution in [2.24, 2.45) is 5.11 Å². The van der Waals surface area contributed by atoms with Crippen molar-refractivity contribution < 1.29 is 12.8 Å². The van der Waals surface area contributed by atoms with Crippen LogP contribution in [0.4, 0.5) is 15.8 Å². The van der Waals surface area contributed by atoms with Gasteiger partial charge in [0, 0.05) is 18.4 Å². The van der Waals surface area contributed by atoms with Crippen LogP contribution in [0.15, 0.2) is 65.5 Å². The maximum Gasteiger partial charge on any atom is 0.229 e. The minimum absolute atomic E-state index is 0.347. The molecule has 0 aromatic heterocycles. The zero-order chi connectivity index (χ0) is 21.6. The van der Waals surface area contributed by atoms with Crippen molar-refractivity contribution in [1.82, 2.24) is 4.90 Å². The number of hydrogen-bond acceptors (Lipinski definition) is 6. The first-order valence-corrected chi connectivity index (χ1v) is 11.6. The zero-order valence-corrected chi connectivity index (χ0v) is 17.6. The number of sulfonamides is 1. The molecular weight excluding hydrogens is 405 g/mol. The van der Waals surface area contributed by atoms with Crippen LogP contribution in [-0.2, 0) is 10.0 Å². The highest BCUT2D eigenvalue weighted by molar-refractivity contribution is 7.92. The summed E-state index contributed by atoms with van der Waals surface area (Å²) in [5.74, 6) is -0.00837. The molecule has 0 aliphatic carbocycles. The smallest absolute Gasteiger partial charge is 0.229 e. The van der Waals surface area contributed by atoms with Gasteiger partial charge in [-0.25, -0.2) is 18.3 Å². The van der Waals surface area contributed by atoms with Crippen molar-refractivity contribution in [3.05, 3.63) is 71.8 Å². The molecule has 0 bridgehead atoms. The third-order valence-corrected chi connectivity index (χ3v) is 5.65. The van der Waals surface area contributed by atoms with Crippen molar-refractivity contribution in [1.29, 1.82) is 5.53 Å². The quantitative estimate of drug-likeness (QED) is 0.541. The monoisotopic (exact) mass is 431 g/mol. The first-order valence-electron chi connectivity index (χ1n) is 9.72. The Hall–Kier alpha value is -2.78. The Labute approximate surface area is 176 Å². The van der Waals surface area contributed by atoms with E-state index >= 15 is 0 Å². The van der Waals surface area contributed by atoms with Gasteiger partial charge in [0.2, 0.25) is 10.0 Å². The molecule has 2 aromatic rings. The molecule has 0 saturated carbocycles. The number of rotatable bonds is 8. The number of halogens is 1. The number of benzene rings is 2. The highest BCUT2D eigenvalue weighted by Crippen LogP contribution is 2.30. The van der Waals surface area contributed by atoms with Crippen LogP contribution in [0.1, 0.15) is 24.3 Å². The molecule has 30 heavy (non-hydrogen) atoms. The summed E-state index contributed by atoms with van der Waals surface area (Å²) >= 11 is 0. The lowest BCUT2D eigenvalue weighted by Crippen LogP contribution is -2.34. The molecule has 1 fully saturated rings. The lowest BCUT2D eigenvalue weighted by atomic mass is 9.89. The predicted molar refractivity (Wildman–Crippen MR) is 117 cm³/mol. The molecule has 3 N–H and O–H groups in total. The minimum Gasteiger partial charge on any atom is -0.358 e. The van der Waals surface area contributed by atoms with Crippen molar-refractivity contribution in [3.8, 4) is 0 Å². The molecule has 160 valence electrons. The summed E-state index contributed by atoms with van der Waals surface area (Å²) in [6, 6.07) is 13.9. The standard InChI is InChI=1S/C21H26FN5O2S/c1-30(28,29)26-18-6-4-5-17(13-18)16-9-11-27(12-10-16)15-19(25-23)14-24-21-8-3-2-7-20(21)22/h2-8,13-14,16,23-24,26H,9-12,15H2,1H3/b19-14-,25-23?. The highest BCUT2D eigenvalue weighted by atomic mass is 32.2. The van der Waals surface area contributed by atoms with E-state index in [1.165, 1.54) is 6.07 Å². The van der Waals surface area contributed by atoms with Crippen LogP contribution in [0, 0.1) is 11.3 Å². The molecule has 9 heteroatoms.